The average Bonchev–Trinajstić information content (AvgIpc) is 3.23. The monoisotopic (exact) mass is 320 g/mol. The Bertz CT molecular complexity index is 459. The lowest BCUT2D eigenvalue weighted by atomic mass is 10.2. The fourth-order valence-corrected chi connectivity index (χ4v) is 3.82. The van der Waals surface area contributed by atoms with Crippen LogP contribution in [0.25, 0.3) is 0 Å². The van der Waals surface area contributed by atoms with E-state index in [4.69, 9.17) is 0 Å². The van der Waals surface area contributed by atoms with Crippen LogP contribution in [-0.2, 0) is 6.54 Å². The molecule has 122 valence electrons. The zero-order valence-electron chi connectivity index (χ0n) is 13.6. The third-order valence-corrected chi connectivity index (χ3v) is 5.47. The van der Waals surface area contributed by atoms with Gasteiger partial charge in [0.05, 0.1) is 0 Å². The molecule has 1 aliphatic heterocycles. The Kier molecular flexibility index (Phi) is 5.73. The molecule has 1 N–H and O–H groups in total. The lowest BCUT2D eigenvalue weighted by Crippen LogP contribution is -2.52. The summed E-state index contributed by atoms with van der Waals surface area (Å²) in [7, 11) is 1.90. The first-order valence-corrected chi connectivity index (χ1v) is 9.43. The molecule has 22 heavy (non-hydrogen) atoms. The molecule has 1 saturated carbocycles. The van der Waals surface area contributed by atoms with Gasteiger partial charge in [0.1, 0.15) is 0 Å². The Balaban J connectivity index is 1.36. The van der Waals surface area contributed by atoms with Gasteiger partial charge in [-0.3, -0.25) is 9.89 Å². The highest BCUT2D eigenvalue weighted by Gasteiger charge is 2.21. The molecule has 1 saturated heterocycles. The molecule has 2 fully saturated rings. The highest BCUT2D eigenvalue weighted by Crippen LogP contribution is 2.33. The van der Waals surface area contributed by atoms with Gasteiger partial charge in [0, 0.05) is 51.2 Å². The number of nitrogens with one attached hydrogen (secondary N) is 1. The molecule has 0 amide bonds. The number of guanidine groups is 1. The van der Waals surface area contributed by atoms with Gasteiger partial charge in [0.15, 0.2) is 5.96 Å². The summed E-state index contributed by atoms with van der Waals surface area (Å²) in [6.45, 7) is 6.57. The second-order valence-electron chi connectivity index (χ2n) is 6.40. The van der Waals surface area contributed by atoms with Crippen LogP contribution in [0.2, 0.25) is 0 Å². The van der Waals surface area contributed by atoms with E-state index >= 15 is 0 Å². The normalized spacial score (nSPS) is 20.4. The van der Waals surface area contributed by atoms with Gasteiger partial charge in [-0.25, -0.2) is 0 Å². The zero-order valence-corrected chi connectivity index (χ0v) is 14.4. The molecule has 0 atom stereocenters. The molecule has 2 heterocycles. The van der Waals surface area contributed by atoms with E-state index in [1.165, 1.54) is 30.6 Å². The van der Waals surface area contributed by atoms with E-state index in [1.54, 1.807) is 0 Å². The van der Waals surface area contributed by atoms with Crippen molar-refractivity contribution in [3.05, 3.63) is 22.4 Å². The molecule has 1 aliphatic carbocycles. The number of hydrogen-bond acceptors (Lipinski definition) is 3. The van der Waals surface area contributed by atoms with Crippen LogP contribution in [0.4, 0.5) is 0 Å². The third-order valence-electron chi connectivity index (χ3n) is 4.61. The molecule has 0 aromatic carbocycles. The van der Waals surface area contributed by atoms with Crippen molar-refractivity contribution in [3.8, 4) is 0 Å². The van der Waals surface area contributed by atoms with Crippen molar-refractivity contribution in [2.24, 2.45) is 10.9 Å². The van der Waals surface area contributed by atoms with E-state index in [2.05, 4.69) is 37.6 Å². The van der Waals surface area contributed by atoms with E-state index in [-0.39, 0.29) is 0 Å². The van der Waals surface area contributed by atoms with Crippen LogP contribution in [0.15, 0.2) is 22.5 Å². The first-order chi connectivity index (χ1) is 10.8. The number of thiophene rings is 1. The lowest BCUT2D eigenvalue weighted by molar-refractivity contribution is 0.173. The zero-order chi connectivity index (χ0) is 15.2. The van der Waals surface area contributed by atoms with Gasteiger partial charge in [-0.2, -0.15) is 0 Å². The van der Waals surface area contributed by atoms with Gasteiger partial charge in [-0.1, -0.05) is 18.9 Å². The summed E-state index contributed by atoms with van der Waals surface area (Å²) < 4.78 is 0. The average molecular weight is 321 g/mol. The quantitative estimate of drug-likeness (QED) is 0.497. The largest absolute Gasteiger partial charge is 0.356 e. The molecule has 0 bridgehead atoms. The standard InChI is InChI=1S/C17H28N4S/c1-18-17(19-8-2-4-15-6-7-15)21-11-9-20(10-12-21)14-16-5-3-13-22-16/h3,5,13,15H,2,4,6-12,14H2,1H3,(H,18,19). The van der Waals surface area contributed by atoms with Crippen molar-refractivity contribution in [1.29, 1.82) is 0 Å². The molecule has 5 heteroatoms. The molecular formula is C17H28N4S. The van der Waals surface area contributed by atoms with Crippen LogP contribution in [0.5, 0.6) is 0 Å². The van der Waals surface area contributed by atoms with Gasteiger partial charge < -0.3 is 10.2 Å². The van der Waals surface area contributed by atoms with Gasteiger partial charge in [-0.15, -0.1) is 11.3 Å². The molecule has 0 unspecified atom stereocenters. The SMILES string of the molecule is CN=C(NCCCC1CC1)N1CCN(Cc2cccs2)CC1. The second-order valence-corrected chi connectivity index (χ2v) is 7.43. The van der Waals surface area contributed by atoms with Crippen molar-refractivity contribution in [3.63, 3.8) is 0 Å². The lowest BCUT2D eigenvalue weighted by Gasteiger charge is -2.36. The smallest absolute Gasteiger partial charge is 0.193 e. The third kappa shape index (κ3) is 4.71. The molecule has 3 rings (SSSR count). The van der Waals surface area contributed by atoms with Crippen molar-refractivity contribution in [2.45, 2.75) is 32.2 Å². The molecule has 4 nitrogen and oxygen atoms in total. The second kappa shape index (κ2) is 7.97. The van der Waals surface area contributed by atoms with Crippen LogP contribution >= 0.6 is 11.3 Å². The minimum absolute atomic E-state index is 1.03. The molecule has 2 aliphatic rings. The van der Waals surface area contributed by atoms with E-state index in [9.17, 15) is 0 Å². The molecule has 1 aromatic heterocycles. The highest BCUT2D eigenvalue weighted by molar-refractivity contribution is 7.09. The van der Waals surface area contributed by atoms with Crippen LogP contribution in [-0.4, -0.2) is 55.5 Å². The van der Waals surface area contributed by atoms with Gasteiger partial charge in [0.25, 0.3) is 0 Å². The van der Waals surface area contributed by atoms with Gasteiger partial charge in [-0.05, 0) is 30.2 Å². The number of hydrogen-bond donors (Lipinski definition) is 1. The van der Waals surface area contributed by atoms with Crippen LogP contribution in [0.3, 0.4) is 0 Å². The maximum Gasteiger partial charge on any atom is 0.193 e. The van der Waals surface area contributed by atoms with Crippen molar-refractivity contribution in [2.75, 3.05) is 39.8 Å². The maximum absolute atomic E-state index is 4.46. The molecule has 0 spiro atoms. The fourth-order valence-electron chi connectivity index (χ4n) is 3.07. The Morgan fingerprint density at radius 2 is 2.14 bits per heavy atom. The van der Waals surface area contributed by atoms with Crippen molar-refractivity contribution in [1.82, 2.24) is 15.1 Å². The Morgan fingerprint density at radius 3 is 2.77 bits per heavy atom. The van der Waals surface area contributed by atoms with E-state index in [0.717, 1.165) is 51.1 Å². The fraction of sp³-hybridized carbons (Fsp3) is 0.706. The number of piperazine rings is 1. The summed E-state index contributed by atoms with van der Waals surface area (Å²) in [5.74, 6) is 2.12. The van der Waals surface area contributed by atoms with Crippen molar-refractivity contribution < 1.29 is 0 Å². The van der Waals surface area contributed by atoms with E-state index < -0.39 is 0 Å². The first-order valence-electron chi connectivity index (χ1n) is 8.55. The minimum atomic E-state index is 1.03. The number of aliphatic imine (C=N–C) groups is 1. The van der Waals surface area contributed by atoms with E-state index in [0.29, 0.717) is 0 Å². The van der Waals surface area contributed by atoms with Crippen molar-refractivity contribution >= 4 is 17.3 Å². The topological polar surface area (TPSA) is 30.9 Å². The summed E-state index contributed by atoms with van der Waals surface area (Å²) in [4.78, 5) is 10.9. The summed E-state index contributed by atoms with van der Waals surface area (Å²) in [5.41, 5.74) is 0. The Morgan fingerprint density at radius 1 is 1.32 bits per heavy atom. The summed E-state index contributed by atoms with van der Waals surface area (Å²) >= 11 is 1.86. The maximum atomic E-state index is 4.46. The van der Waals surface area contributed by atoms with Gasteiger partial charge >= 0.3 is 0 Å². The first kappa shape index (κ1) is 15.8. The summed E-state index contributed by atoms with van der Waals surface area (Å²) in [6, 6.07) is 4.38. The molecule has 1 aromatic rings. The van der Waals surface area contributed by atoms with Gasteiger partial charge in [0.2, 0.25) is 0 Å². The summed E-state index contributed by atoms with van der Waals surface area (Å²) in [5, 5.41) is 5.71. The predicted octanol–water partition coefficient (Wildman–Crippen LogP) is 2.63. The van der Waals surface area contributed by atoms with Crippen LogP contribution < -0.4 is 5.32 Å². The molecule has 0 radical (unpaired) electrons. The van der Waals surface area contributed by atoms with Crippen LogP contribution in [0.1, 0.15) is 30.6 Å². The summed E-state index contributed by atoms with van der Waals surface area (Å²) in [6.07, 6.45) is 5.59. The highest BCUT2D eigenvalue weighted by atomic mass is 32.1. The molecular weight excluding hydrogens is 292 g/mol. The minimum Gasteiger partial charge on any atom is -0.356 e. The number of rotatable bonds is 6. The van der Waals surface area contributed by atoms with E-state index in [1.807, 2.05) is 18.4 Å². The Hall–Kier alpha value is -1.07. The number of nitrogens with zero attached hydrogens (tertiary/aromatic N) is 3. The Labute approximate surface area is 138 Å². The van der Waals surface area contributed by atoms with Crippen LogP contribution in [0, 0.1) is 5.92 Å². The predicted molar refractivity (Wildman–Crippen MR) is 94.5 cm³/mol.